The molecule has 0 unspecified atom stereocenters. The highest BCUT2D eigenvalue weighted by molar-refractivity contribution is 14.0. The molecule has 0 radical (unpaired) electrons. The average Bonchev–Trinajstić information content (AvgIpc) is 2.98. The van der Waals surface area contributed by atoms with Crippen molar-refractivity contribution in [1.82, 2.24) is 15.6 Å². The summed E-state index contributed by atoms with van der Waals surface area (Å²) in [5.74, 6) is 0.877. The molecule has 0 aliphatic rings. The van der Waals surface area contributed by atoms with E-state index in [1.807, 2.05) is 18.3 Å². The zero-order valence-corrected chi connectivity index (χ0v) is 18.6. The van der Waals surface area contributed by atoms with E-state index in [-0.39, 0.29) is 24.0 Å². The molecule has 2 aromatic rings. The van der Waals surface area contributed by atoms with Gasteiger partial charge in [-0.3, -0.25) is 4.99 Å². The number of nitrogens with one attached hydrogen (secondary N) is 2. The second-order valence-corrected chi connectivity index (χ2v) is 7.29. The third-order valence-corrected chi connectivity index (χ3v) is 4.68. The Kier molecular flexibility index (Phi) is 11.1. The molecule has 4 nitrogen and oxygen atoms in total. The number of thiazole rings is 1. The minimum Gasteiger partial charge on any atom is -0.357 e. The molecule has 0 saturated carbocycles. The summed E-state index contributed by atoms with van der Waals surface area (Å²) in [6, 6.07) is 8.02. The van der Waals surface area contributed by atoms with Crippen molar-refractivity contribution in [3.8, 4) is 0 Å². The number of hydrogen-bond donors (Lipinski definition) is 2. The smallest absolute Gasteiger partial charge is 0.191 e. The van der Waals surface area contributed by atoms with Crippen LogP contribution in [-0.2, 0) is 12.8 Å². The van der Waals surface area contributed by atoms with Crippen LogP contribution in [0.15, 0.2) is 35.5 Å². The van der Waals surface area contributed by atoms with Crippen molar-refractivity contribution < 1.29 is 0 Å². The van der Waals surface area contributed by atoms with Crippen molar-refractivity contribution in [2.75, 3.05) is 19.6 Å². The van der Waals surface area contributed by atoms with Crippen molar-refractivity contribution in [2.45, 2.75) is 33.1 Å². The van der Waals surface area contributed by atoms with E-state index in [9.17, 15) is 0 Å². The topological polar surface area (TPSA) is 49.3 Å². The SMILES string of the molecule is CCNC(=NCCCc1ccc(Cl)cc1)NCCc1ncc(C)s1.I. The Morgan fingerprint density at radius 3 is 2.60 bits per heavy atom. The van der Waals surface area contributed by atoms with Crippen molar-refractivity contribution in [3.63, 3.8) is 0 Å². The quantitative estimate of drug-likeness (QED) is 0.248. The number of guanidine groups is 1. The molecule has 0 saturated heterocycles. The lowest BCUT2D eigenvalue weighted by atomic mass is 10.1. The van der Waals surface area contributed by atoms with Crippen LogP contribution in [0.1, 0.15) is 28.8 Å². The number of aliphatic imine (C=N–C) groups is 1. The van der Waals surface area contributed by atoms with Gasteiger partial charge < -0.3 is 10.6 Å². The molecular weight excluding hydrogens is 467 g/mol. The number of halogens is 2. The van der Waals surface area contributed by atoms with Gasteiger partial charge in [0.15, 0.2) is 5.96 Å². The van der Waals surface area contributed by atoms with Gasteiger partial charge >= 0.3 is 0 Å². The fourth-order valence-corrected chi connectivity index (χ4v) is 3.18. The third kappa shape index (κ3) is 8.87. The monoisotopic (exact) mass is 492 g/mol. The van der Waals surface area contributed by atoms with E-state index in [2.05, 4.69) is 46.6 Å². The molecule has 1 aromatic heterocycles. The molecule has 0 atom stereocenters. The van der Waals surface area contributed by atoms with Gasteiger partial charge in [-0.05, 0) is 44.4 Å². The predicted octanol–water partition coefficient (Wildman–Crippen LogP) is 4.45. The van der Waals surface area contributed by atoms with E-state index in [4.69, 9.17) is 11.6 Å². The number of rotatable bonds is 8. The molecule has 0 amide bonds. The van der Waals surface area contributed by atoms with E-state index in [1.54, 1.807) is 11.3 Å². The maximum Gasteiger partial charge on any atom is 0.191 e. The van der Waals surface area contributed by atoms with Crippen molar-refractivity contribution in [2.24, 2.45) is 4.99 Å². The molecule has 25 heavy (non-hydrogen) atoms. The first-order valence-electron chi connectivity index (χ1n) is 8.35. The van der Waals surface area contributed by atoms with Crippen LogP contribution in [-0.4, -0.2) is 30.6 Å². The van der Waals surface area contributed by atoms with Gasteiger partial charge in [-0.1, -0.05) is 23.7 Å². The van der Waals surface area contributed by atoms with Crippen LogP contribution in [0, 0.1) is 6.92 Å². The van der Waals surface area contributed by atoms with Crippen LogP contribution < -0.4 is 10.6 Å². The standard InChI is InChI=1S/C18H25ClN4S.HI/c1-3-20-18(22-12-10-17-23-13-14(2)24-17)21-11-4-5-15-6-8-16(19)9-7-15;/h6-9,13H,3-5,10-12H2,1-2H3,(H2,20,21,22);1H. The van der Waals surface area contributed by atoms with Gasteiger partial charge in [0, 0.05) is 42.2 Å². The van der Waals surface area contributed by atoms with Gasteiger partial charge in [0.05, 0.1) is 5.01 Å². The summed E-state index contributed by atoms with van der Waals surface area (Å²) < 4.78 is 0. The van der Waals surface area contributed by atoms with Crippen molar-refractivity contribution in [3.05, 3.63) is 50.9 Å². The Labute approximate surface area is 176 Å². The van der Waals surface area contributed by atoms with Gasteiger partial charge in [-0.15, -0.1) is 35.3 Å². The third-order valence-electron chi connectivity index (χ3n) is 3.45. The molecule has 0 aliphatic carbocycles. The largest absolute Gasteiger partial charge is 0.357 e. The number of nitrogens with zero attached hydrogens (tertiary/aromatic N) is 2. The number of aryl methyl sites for hydroxylation is 2. The minimum absolute atomic E-state index is 0. The Morgan fingerprint density at radius 1 is 1.20 bits per heavy atom. The summed E-state index contributed by atoms with van der Waals surface area (Å²) in [5.41, 5.74) is 1.30. The first kappa shape index (κ1) is 22.2. The second-order valence-electron chi connectivity index (χ2n) is 5.53. The highest BCUT2D eigenvalue weighted by atomic mass is 127. The van der Waals surface area contributed by atoms with Crippen LogP contribution in [0.5, 0.6) is 0 Å². The molecule has 0 fully saturated rings. The Bertz CT molecular complexity index is 643. The first-order valence-corrected chi connectivity index (χ1v) is 9.54. The van der Waals surface area contributed by atoms with Gasteiger partial charge in [-0.2, -0.15) is 0 Å². The molecule has 2 N–H and O–H groups in total. The van der Waals surface area contributed by atoms with E-state index >= 15 is 0 Å². The van der Waals surface area contributed by atoms with E-state index in [0.29, 0.717) is 0 Å². The molecule has 0 aliphatic heterocycles. The summed E-state index contributed by atoms with van der Waals surface area (Å²) >= 11 is 7.65. The molecule has 1 heterocycles. The van der Waals surface area contributed by atoms with E-state index in [0.717, 1.165) is 49.9 Å². The Morgan fingerprint density at radius 2 is 1.96 bits per heavy atom. The maximum absolute atomic E-state index is 5.90. The van der Waals surface area contributed by atoms with Crippen molar-refractivity contribution in [1.29, 1.82) is 0 Å². The minimum atomic E-state index is 0. The van der Waals surface area contributed by atoms with Crippen LogP contribution in [0.4, 0.5) is 0 Å². The highest BCUT2D eigenvalue weighted by Crippen LogP contribution is 2.11. The number of aromatic nitrogens is 1. The van der Waals surface area contributed by atoms with Crippen molar-refractivity contribution >= 4 is 52.9 Å². The fraction of sp³-hybridized carbons (Fsp3) is 0.444. The van der Waals surface area contributed by atoms with Gasteiger partial charge in [0.25, 0.3) is 0 Å². The molecule has 138 valence electrons. The molecule has 1 aromatic carbocycles. The van der Waals surface area contributed by atoms with Crippen LogP contribution in [0.25, 0.3) is 0 Å². The summed E-state index contributed by atoms with van der Waals surface area (Å²) in [6.45, 7) is 6.67. The first-order chi connectivity index (χ1) is 11.7. The fourth-order valence-electron chi connectivity index (χ4n) is 2.27. The maximum atomic E-state index is 5.90. The van der Waals surface area contributed by atoms with Gasteiger partial charge in [0.2, 0.25) is 0 Å². The van der Waals surface area contributed by atoms with E-state index in [1.165, 1.54) is 15.4 Å². The number of benzene rings is 1. The summed E-state index contributed by atoms with van der Waals surface area (Å²) in [5, 5.41) is 8.61. The normalized spacial score (nSPS) is 11.1. The molecule has 2 rings (SSSR count). The number of hydrogen-bond acceptors (Lipinski definition) is 3. The highest BCUT2D eigenvalue weighted by Gasteiger charge is 2.01. The van der Waals surface area contributed by atoms with Crippen LogP contribution in [0.3, 0.4) is 0 Å². The zero-order valence-electron chi connectivity index (χ0n) is 14.7. The van der Waals surface area contributed by atoms with Gasteiger partial charge in [-0.25, -0.2) is 4.98 Å². The lowest BCUT2D eigenvalue weighted by Crippen LogP contribution is -2.38. The molecule has 0 bridgehead atoms. The lowest BCUT2D eigenvalue weighted by Gasteiger charge is -2.10. The molecule has 0 spiro atoms. The second kappa shape index (κ2) is 12.5. The summed E-state index contributed by atoms with van der Waals surface area (Å²) in [6.07, 6.45) is 4.88. The molecule has 7 heteroatoms. The average molecular weight is 493 g/mol. The Hall–Kier alpha value is -0.860. The van der Waals surface area contributed by atoms with Crippen LogP contribution >= 0.6 is 46.9 Å². The van der Waals surface area contributed by atoms with E-state index < -0.39 is 0 Å². The molecular formula is C18H26ClIN4S. The Balaban J connectivity index is 0.00000312. The summed E-state index contributed by atoms with van der Waals surface area (Å²) in [7, 11) is 0. The van der Waals surface area contributed by atoms with Gasteiger partial charge in [0.1, 0.15) is 0 Å². The zero-order chi connectivity index (χ0) is 17.2. The van der Waals surface area contributed by atoms with Crippen LogP contribution in [0.2, 0.25) is 5.02 Å². The predicted molar refractivity (Wildman–Crippen MR) is 120 cm³/mol. The lowest BCUT2D eigenvalue weighted by molar-refractivity contribution is 0.775. The summed E-state index contributed by atoms with van der Waals surface area (Å²) in [4.78, 5) is 10.3.